The third-order valence-corrected chi connectivity index (χ3v) is 10.7. The summed E-state index contributed by atoms with van der Waals surface area (Å²) in [5, 5.41) is 4.51. The van der Waals surface area contributed by atoms with Crippen molar-refractivity contribution < 1.29 is 8.83 Å². The van der Waals surface area contributed by atoms with Gasteiger partial charge in [-0.1, -0.05) is 72.4 Å². The van der Waals surface area contributed by atoms with Crippen LogP contribution in [0, 0.1) is 0 Å². The van der Waals surface area contributed by atoms with Crippen LogP contribution in [-0.4, -0.2) is 10.7 Å². The number of hydrogen-bond acceptors (Lipinski definition) is 4. The zero-order chi connectivity index (χ0) is 22.5. The summed E-state index contributed by atoms with van der Waals surface area (Å²) in [5.41, 5.74) is 1.79. The maximum absolute atomic E-state index is 6.40. The number of hydrogen-bond donors (Lipinski definition) is 0. The van der Waals surface area contributed by atoms with Crippen LogP contribution in [0.3, 0.4) is 0 Å². The second-order valence-electron chi connectivity index (χ2n) is 7.42. The maximum atomic E-state index is 6.40. The standard InChI is InChI=1S/C28H23NO2PS/c1-2-20-33-28-27(29-26(31-28)22-18-19-30-21-22)32(23-12-6-3-7-13-23,24-14-8-4-9-15-24)25-16-10-5-11-17-25/h2-19,21H,1,20H2/q+1. The van der Waals surface area contributed by atoms with Crippen molar-refractivity contribution in [3.05, 3.63) is 122 Å². The first-order valence-electron chi connectivity index (χ1n) is 10.7. The quantitative estimate of drug-likeness (QED) is 0.163. The van der Waals surface area contributed by atoms with Gasteiger partial charge in [-0.3, -0.25) is 0 Å². The Hall–Kier alpha value is -3.33. The van der Waals surface area contributed by atoms with Crippen molar-refractivity contribution in [2.24, 2.45) is 0 Å². The van der Waals surface area contributed by atoms with Gasteiger partial charge in [0.25, 0.3) is 5.44 Å². The van der Waals surface area contributed by atoms with Crippen molar-refractivity contribution in [2.45, 2.75) is 5.09 Å². The summed E-state index contributed by atoms with van der Waals surface area (Å²) < 4.78 is 11.7. The summed E-state index contributed by atoms with van der Waals surface area (Å²) in [6.45, 7) is 3.91. The Morgan fingerprint density at radius 2 is 1.33 bits per heavy atom. The highest BCUT2D eigenvalue weighted by molar-refractivity contribution is 8.04. The van der Waals surface area contributed by atoms with Crippen LogP contribution in [0.2, 0.25) is 0 Å². The summed E-state index contributed by atoms with van der Waals surface area (Å²) >= 11 is 1.63. The Morgan fingerprint density at radius 3 is 1.79 bits per heavy atom. The first-order chi connectivity index (χ1) is 16.3. The molecule has 0 saturated heterocycles. The van der Waals surface area contributed by atoms with Gasteiger partial charge in [-0.25, -0.2) is 0 Å². The van der Waals surface area contributed by atoms with Gasteiger partial charge in [0.05, 0.1) is 11.8 Å². The predicted molar refractivity (Wildman–Crippen MR) is 140 cm³/mol. The van der Waals surface area contributed by atoms with Crippen LogP contribution < -0.4 is 21.3 Å². The van der Waals surface area contributed by atoms with Gasteiger partial charge in [-0.05, 0) is 42.5 Å². The van der Waals surface area contributed by atoms with Crippen molar-refractivity contribution in [1.82, 2.24) is 4.98 Å². The van der Waals surface area contributed by atoms with Gasteiger partial charge in [0.1, 0.15) is 22.2 Å². The molecule has 0 aliphatic rings. The predicted octanol–water partition coefficient (Wildman–Crippen LogP) is 5.83. The molecule has 5 rings (SSSR count). The molecule has 0 spiro atoms. The highest BCUT2D eigenvalue weighted by Crippen LogP contribution is 2.56. The van der Waals surface area contributed by atoms with Gasteiger partial charge in [0.2, 0.25) is 11.0 Å². The van der Waals surface area contributed by atoms with E-state index in [4.69, 9.17) is 13.8 Å². The Kier molecular flexibility index (Phi) is 6.30. The molecule has 162 valence electrons. The van der Waals surface area contributed by atoms with Gasteiger partial charge < -0.3 is 8.83 Å². The van der Waals surface area contributed by atoms with Gasteiger partial charge >= 0.3 is 0 Å². The molecule has 0 amide bonds. The molecule has 0 unspecified atom stereocenters. The Labute approximate surface area is 198 Å². The lowest BCUT2D eigenvalue weighted by Crippen LogP contribution is -2.40. The van der Waals surface area contributed by atoms with Crippen LogP contribution in [0.15, 0.2) is 136 Å². The van der Waals surface area contributed by atoms with E-state index >= 15 is 0 Å². The van der Waals surface area contributed by atoms with E-state index in [0.29, 0.717) is 5.89 Å². The van der Waals surface area contributed by atoms with Crippen LogP contribution >= 0.6 is 19.0 Å². The smallest absolute Gasteiger partial charge is 0.251 e. The van der Waals surface area contributed by atoms with Gasteiger partial charge in [-0.2, -0.15) is 4.98 Å². The SMILES string of the molecule is C=CCSc1oc(-c2ccoc2)nc1[P+](c1ccccc1)(c1ccccc1)c1ccccc1. The highest BCUT2D eigenvalue weighted by atomic mass is 32.2. The zero-order valence-corrected chi connectivity index (χ0v) is 19.7. The lowest BCUT2D eigenvalue weighted by Gasteiger charge is -2.25. The minimum atomic E-state index is -2.35. The van der Waals surface area contributed by atoms with E-state index in [0.717, 1.165) is 21.8 Å². The largest absolute Gasteiger partial charge is 0.472 e. The van der Waals surface area contributed by atoms with Gasteiger partial charge in [0, 0.05) is 5.75 Å². The van der Waals surface area contributed by atoms with Crippen molar-refractivity contribution in [3.63, 3.8) is 0 Å². The average molecular weight is 469 g/mol. The second kappa shape index (κ2) is 9.66. The van der Waals surface area contributed by atoms with Crippen molar-refractivity contribution in [2.75, 3.05) is 5.75 Å². The minimum Gasteiger partial charge on any atom is -0.472 e. The molecule has 0 radical (unpaired) electrons. The van der Waals surface area contributed by atoms with E-state index in [9.17, 15) is 0 Å². The van der Waals surface area contributed by atoms with Gasteiger partial charge in [-0.15, -0.1) is 6.58 Å². The second-order valence-corrected chi connectivity index (χ2v) is 11.7. The lowest BCUT2D eigenvalue weighted by atomic mass is 10.3. The molecular formula is C28H23NO2PS+. The topological polar surface area (TPSA) is 39.2 Å². The third kappa shape index (κ3) is 3.97. The van der Waals surface area contributed by atoms with E-state index in [1.165, 1.54) is 15.9 Å². The molecule has 0 aliphatic carbocycles. The molecule has 3 aromatic carbocycles. The van der Waals surface area contributed by atoms with Crippen LogP contribution in [0.25, 0.3) is 11.5 Å². The molecule has 0 fully saturated rings. The number of rotatable bonds is 8. The van der Waals surface area contributed by atoms with Crippen LogP contribution in [0.4, 0.5) is 0 Å². The van der Waals surface area contributed by atoms with Crippen LogP contribution in [0.1, 0.15) is 0 Å². The van der Waals surface area contributed by atoms with E-state index in [2.05, 4.69) is 97.6 Å². The highest BCUT2D eigenvalue weighted by Gasteiger charge is 2.52. The average Bonchev–Trinajstić information content (AvgIpc) is 3.56. The molecule has 3 nitrogen and oxygen atoms in total. The molecule has 2 heterocycles. The summed E-state index contributed by atoms with van der Waals surface area (Å²) in [7, 11) is -2.35. The fourth-order valence-corrected chi connectivity index (χ4v) is 9.25. The number of thioether (sulfide) groups is 1. The lowest BCUT2D eigenvalue weighted by molar-refractivity contribution is 0.486. The molecule has 0 bridgehead atoms. The first-order valence-corrected chi connectivity index (χ1v) is 13.4. The van der Waals surface area contributed by atoms with Crippen molar-refractivity contribution in [1.29, 1.82) is 0 Å². The third-order valence-electron chi connectivity index (χ3n) is 5.43. The number of aromatic nitrogens is 1. The maximum Gasteiger partial charge on any atom is 0.251 e. The number of nitrogens with zero attached hydrogens (tertiary/aromatic N) is 1. The fourth-order valence-electron chi connectivity index (χ4n) is 4.02. The first kappa shape index (κ1) is 21.5. The Morgan fingerprint density at radius 1 is 0.788 bits per heavy atom. The number of furan rings is 1. The van der Waals surface area contributed by atoms with E-state index in [-0.39, 0.29) is 0 Å². The van der Waals surface area contributed by atoms with Crippen LogP contribution in [0.5, 0.6) is 0 Å². The molecular weight excluding hydrogens is 445 g/mol. The Balaban J connectivity index is 1.88. The molecule has 33 heavy (non-hydrogen) atoms. The molecule has 0 atom stereocenters. The van der Waals surface area contributed by atoms with E-state index < -0.39 is 7.26 Å². The number of oxazole rings is 1. The zero-order valence-electron chi connectivity index (χ0n) is 18.0. The summed E-state index contributed by atoms with van der Waals surface area (Å²) in [4.78, 5) is 5.17. The summed E-state index contributed by atoms with van der Waals surface area (Å²) in [6.07, 6.45) is 5.21. The van der Waals surface area contributed by atoms with Crippen LogP contribution in [-0.2, 0) is 0 Å². The number of benzene rings is 3. The van der Waals surface area contributed by atoms with Crippen molar-refractivity contribution >= 4 is 40.4 Å². The molecule has 0 N–H and O–H groups in total. The Bertz CT molecular complexity index is 1220. The van der Waals surface area contributed by atoms with Gasteiger partial charge in [0.15, 0.2) is 7.26 Å². The molecule has 5 heteroatoms. The molecule has 0 aliphatic heterocycles. The van der Waals surface area contributed by atoms with E-state index in [1.54, 1.807) is 24.3 Å². The summed E-state index contributed by atoms with van der Waals surface area (Å²) in [5.74, 6) is 1.29. The minimum absolute atomic E-state index is 0.567. The normalized spacial score (nSPS) is 11.4. The monoisotopic (exact) mass is 468 g/mol. The molecule has 5 aromatic rings. The van der Waals surface area contributed by atoms with Crippen molar-refractivity contribution in [3.8, 4) is 11.5 Å². The van der Waals surface area contributed by atoms with E-state index in [1.807, 2.05) is 12.1 Å². The fraction of sp³-hybridized carbons (Fsp3) is 0.0357. The molecule has 2 aromatic heterocycles. The summed E-state index contributed by atoms with van der Waals surface area (Å²) in [6, 6.07) is 33.9. The molecule has 0 saturated carbocycles.